The second-order valence-electron chi connectivity index (χ2n) is 5.41. The number of rotatable bonds is 4. The minimum atomic E-state index is 0.171. The molecular weight excluding hydrogens is 258 g/mol. The summed E-state index contributed by atoms with van der Waals surface area (Å²) in [5.41, 5.74) is 7.65. The monoisotopic (exact) mass is 281 g/mol. The maximum Gasteiger partial charge on any atom is 0.0500 e. The lowest BCUT2D eigenvalue weighted by atomic mass is 9.95. The fourth-order valence-corrected chi connectivity index (χ4v) is 2.84. The Bertz CT molecular complexity index is 385. The van der Waals surface area contributed by atoms with E-state index >= 15 is 0 Å². The van der Waals surface area contributed by atoms with Crippen molar-refractivity contribution in [2.45, 2.75) is 25.4 Å². The van der Waals surface area contributed by atoms with Gasteiger partial charge in [-0.15, -0.1) is 0 Å². The molecule has 0 aromatic heterocycles. The minimum absolute atomic E-state index is 0.171. The zero-order valence-corrected chi connectivity index (χ0v) is 12.6. The number of nitrogens with two attached hydrogens (primary N) is 1. The summed E-state index contributed by atoms with van der Waals surface area (Å²) in [6, 6.07) is 8.62. The summed E-state index contributed by atoms with van der Waals surface area (Å²) in [6.07, 6.45) is 0.986. The lowest BCUT2D eigenvalue weighted by molar-refractivity contribution is 0.0969. The molecule has 0 aliphatic carbocycles. The van der Waals surface area contributed by atoms with Crippen molar-refractivity contribution in [2.75, 3.05) is 33.2 Å². The number of piperazine rings is 1. The van der Waals surface area contributed by atoms with Crippen molar-refractivity contribution in [3.63, 3.8) is 0 Å². The average molecular weight is 282 g/mol. The highest BCUT2D eigenvalue weighted by atomic mass is 35.5. The van der Waals surface area contributed by atoms with Gasteiger partial charge in [-0.05, 0) is 31.2 Å². The topological polar surface area (TPSA) is 32.5 Å². The van der Waals surface area contributed by atoms with Crippen LogP contribution in [-0.4, -0.2) is 49.1 Å². The van der Waals surface area contributed by atoms with Crippen LogP contribution in [0.15, 0.2) is 24.3 Å². The standard InChI is InChI=1S/C15H24ClN3/c1-3-14(17)15(12-4-6-13(16)7-5-12)19-10-8-18(2)9-11-19/h4-7,14-15H,3,8-11,17H2,1-2H3. The molecule has 2 atom stereocenters. The normalized spacial score (nSPS) is 21.3. The zero-order valence-electron chi connectivity index (χ0n) is 11.8. The van der Waals surface area contributed by atoms with E-state index in [-0.39, 0.29) is 6.04 Å². The molecule has 1 fully saturated rings. The van der Waals surface area contributed by atoms with Gasteiger partial charge in [-0.2, -0.15) is 0 Å². The van der Waals surface area contributed by atoms with E-state index in [9.17, 15) is 0 Å². The Labute approximate surface area is 121 Å². The summed E-state index contributed by atoms with van der Waals surface area (Å²) < 4.78 is 0. The van der Waals surface area contributed by atoms with Crippen molar-refractivity contribution in [1.29, 1.82) is 0 Å². The molecule has 4 heteroatoms. The Morgan fingerprint density at radius 3 is 2.26 bits per heavy atom. The number of nitrogens with zero attached hydrogens (tertiary/aromatic N) is 2. The molecule has 106 valence electrons. The Balaban J connectivity index is 2.18. The third-order valence-electron chi connectivity index (χ3n) is 4.02. The predicted molar refractivity (Wildman–Crippen MR) is 81.5 cm³/mol. The number of hydrogen-bond donors (Lipinski definition) is 1. The summed E-state index contributed by atoms with van der Waals surface area (Å²) in [7, 11) is 2.17. The van der Waals surface area contributed by atoms with Crippen molar-refractivity contribution in [3.8, 4) is 0 Å². The van der Waals surface area contributed by atoms with Crippen LogP contribution in [0.25, 0.3) is 0 Å². The molecule has 0 saturated carbocycles. The van der Waals surface area contributed by atoms with Crippen LogP contribution in [0, 0.1) is 0 Å². The van der Waals surface area contributed by atoms with Crippen molar-refractivity contribution in [3.05, 3.63) is 34.9 Å². The second kappa shape index (κ2) is 6.71. The molecule has 3 nitrogen and oxygen atoms in total. The van der Waals surface area contributed by atoms with E-state index in [1.807, 2.05) is 12.1 Å². The zero-order chi connectivity index (χ0) is 13.8. The Hall–Kier alpha value is -0.610. The first-order chi connectivity index (χ1) is 9.11. The summed E-state index contributed by atoms with van der Waals surface area (Å²) in [5.74, 6) is 0. The van der Waals surface area contributed by atoms with Gasteiger partial charge in [0.05, 0.1) is 0 Å². The molecule has 1 aromatic carbocycles. The number of benzene rings is 1. The van der Waals surface area contributed by atoms with E-state index in [0.717, 1.165) is 37.6 Å². The second-order valence-corrected chi connectivity index (χ2v) is 5.84. The summed E-state index contributed by atoms with van der Waals surface area (Å²) in [4.78, 5) is 4.88. The molecule has 1 aliphatic heterocycles. The van der Waals surface area contributed by atoms with Gasteiger partial charge in [-0.3, -0.25) is 4.90 Å². The molecule has 0 amide bonds. The lowest BCUT2D eigenvalue weighted by Gasteiger charge is -2.40. The Morgan fingerprint density at radius 1 is 1.16 bits per heavy atom. The quantitative estimate of drug-likeness (QED) is 0.920. The van der Waals surface area contributed by atoms with E-state index in [0.29, 0.717) is 6.04 Å². The fourth-order valence-electron chi connectivity index (χ4n) is 2.71. The van der Waals surface area contributed by atoms with Crippen molar-refractivity contribution >= 4 is 11.6 Å². The molecule has 1 saturated heterocycles. The van der Waals surface area contributed by atoms with Crippen molar-refractivity contribution < 1.29 is 0 Å². The van der Waals surface area contributed by atoms with Crippen LogP contribution in [0.3, 0.4) is 0 Å². The van der Waals surface area contributed by atoms with E-state index in [4.69, 9.17) is 17.3 Å². The molecular formula is C15H24ClN3. The molecule has 1 heterocycles. The van der Waals surface area contributed by atoms with E-state index < -0.39 is 0 Å². The first-order valence-corrected chi connectivity index (χ1v) is 7.43. The number of halogens is 1. The predicted octanol–water partition coefficient (Wildman–Crippen LogP) is 2.37. The molecule has 19 heavy (non-hydrogen) atoms. The first-order valence-electron chi connectivity index (χ1n) is 7.05. The number of likely N-dealkylation sites (N-methyl/N-ethyl adjacent to an activating group) is 1. The minimum Gasteiger partial charge on any atom is -0.326 e. The summed E-state index contributed by atoms with van der Waals surface area (Å²) in [6.45, 7) is 6.54. The molecule has 1 aromatic rings. The Morgan fingerprint density at radius 2 is 1.74 bits per heavy atom. The third-order valence-corrected chi connectivity index (χ3v) is 4.27. The average Bonchev–Trinajstić information content (AvgIpc) is 2.43. The van der Waals surface area contributed by atoms with Crippen LogP contribution in [-0.2, 0) is 0 Å². The van der Waals surface area contributed by atoms with Gasteiger partial charge in [-0.1, -0.05) is 30.7 Å². The van der Waals surface area contributed by atoms with Crippen molar-refractivity contribution in [1.82, 2.24) is 9.80 Å². The third kappa shape index (κ3) is 3.69. The van der Waals surface area contributed by atoms with Gasteiger partial charge in [0.25, 0.3) is 0 Å². The van der Waals surface area contributed by atoms with Crippen LogP contribution in [0.2, 0.25) is 5.02 Å². The molecule has 0 radical (unpaired) electrons. The smallest absolute Gasteiger partial charge is 0.0500 e. The van der Waals surface area contributed by atoms with E-state index in [1.165, 1.54) is 5.56 Å². The van der Waals surface area contributed by atoms with Gasteiger partial charge in [0.15, 0.2) is 0 Å². The van der Waals surface area contributed by atoms with Gasteiger partial charge < -0.3 is 10.6 Å². The maximum atomic E-state index is 6.36. The van der Waals surface area contributed by atoms with Gasteiger partial charge in [0.2, 0.25) is 0 Å². The van der Waals surface area contributed by atoms with Crippen LogP contribution >= 0.6 is 11.6 Å². The van der Waals surface area contributed by atoms with Gasteiger partial charge in [0, 0.05) is 43.3 Å². The van der Waals surface area contributed by atoms with Crippen molar-refractivity contribution in [2.24, 2.45) is 5.73 Å². The van der Waals surface area contributed by atoms with Crippen LogP contribution in [0.1, 0.15) is 24.9 Å². The van der Waals surface area contributed by atoms with Crippen LogP contribution in [0.5, 0.6) is 0 Å². The summed E-state index contributed by atoms with van der Waals surface area (Å²) in [5, 5.41) is 0.783. The molecule has 0 spiro atoms. The van der Waals surface area contributed by atoms with Crippen LogP contribution in [0.4, 0.5) is 0 Å². The van der Waals surface area contributed by atoms with Gasteiger partial charge >= 0.3 is 0 Å². The SMILES string of the molecule is CCC(N)C(c1ccc(Cl)cc1)N1CCN(C)CC1. The molecule has 2 N–H and O–H groups in total. The van der Waals surface area contributed by atoms with E-state index in [1.54, 1.807) is 0 Å². The molecule has 2 rings (SSSR count). The molecule has 1 aliphatic rings. The first kappa shape index (κ1) is 14.8. The largest absolute Gasteiger partial charge is 0.326 e. The highest BCUT2D eigenvalue weighted by Gasteiger charge is 2.27. The number of hydrogen-bond acceptors (Lipinski definition) is 3. The highest BCUT2D eigenvalue weighted by Crippen LogP contribution is 2.27. The highest BCUT2D eigenvalue weighted by molar-refractivity contribution is 6.30. The Kier molecular flexibility index (Phi) is 5.22. The van der Waals surface area contributed by atoms with Crippen LogP contribution < -0.4 is 5.73 Å². The lowest BCUT2D eigenvalue weighted by Crippen LogP contribution is -2.50. The van der Waals surface area contributed by atoms with Gasteiger partial charge in [0.1, 0.15) is 0 Å². The molecule has 2 unspecified atom stereocenters. The maximum absolute atomic E-state index is 6.36. The van der Waals surface area contributed by atoms with E-state index in [2.05, 4.69) is 35.9 Å². The fraction of sp³-hybridized carbons (Fsp3) is 0.600. The van der Waals surface area contributed by atoms with Gasteiger partial charge in [-0.25, -0.2) is 0 Å². The molecule has 0 bridgehead atoms. The summed E-state index contributed by atoms with van der Waals surface area (Å²) >= 11 is 5.98.